The molecule has 0 aliphatic carbocycles. The van der Waals surface area contributed by atoms with Gasteiger partial charge in [0.15, 0.2) is 0 Å². The number of nitrogens with one attached hydrogen (secondary N) is 2. The molecule has 1 aliphatic heterocycles. The van der Waals surface area contributed by atoms with Crippen LogP contribution >= 0.6 is 0 Å². The number of nitrogens with zero attached hydrogens (tertiary/aromatic N) is 1. The minimum atomic E-state index is -3.23. The zero-order chi connectivity index (χ0) is 13.7. The molecule has 2 rings (SSSR count). The van der Waals surface area contributed by atoms with Gasteiger partial charge in [-0.3, -0.25) is 4.98 Å². The Morgan fingerprint density at radius 1 is 1.47 bits per heavy atom. The number of hydrogen-bond donors (Lipinski definition) is 2. The molecule has 6 heteroatoms. The summed E-state index contributed by atoms with van der Waals surface area (Å²) in [6, 6.07) is 1.93. The molecule has 1 fully saturated rings. The molecule has 19 heavy (non-hydrogen) atoms. The van der Waals surface area contributed by atoms with Crippen LogP contribution in [-0.2, 0) is 16.6 Å². The Morgan fingerprint density at radius 3 is 3.00 bits per heavy atom. The molecule has 1 aromatic rings. The highest BCUT2D eigenvalue weighted by Crippen LogP contribution is 2.10. The minimum absolute atomic E-state index is 0.0878. The summed E-state index contributed by atoms with van der Waals surface area (Å²) in [4.78, 5) is 4.00. The summed E-state index contributed by atoms with van der Waals surface area (Å²) in [5.41, 5.74) is 1.97. The van der Waals surface area contributed by atoms with E-state index in [1.807, 2.05) is 13.0 Å². The Labute approximate surface area is 114 Å². The summed E-state index contributed by atoms with van der Waals surface area (Å²) in [6.45, 7) is 3.19. The number of rotatable bonds is 5. The summed E-state index contributed by atoms with van der Waals surface area (Å²) in [6.07, 6.45) is 6.61. The molecular formula is C13H21N3O2S. The summed E-state index contributed by atoms with van der Waals surface area (Å²) in [5, 5.41) is 3.26. The predicted octanol–water partition coefficient (Wildman–Crippen LogP) is 0.952. The largest absolute Gasteiger partial charge is 0.313 e. The number of pyridine rings is 1. The monoisotopic (exact) mass is 283 g/mol. The van der Waals surface area contributed by atoms with Gasteiger partial charge in [-0.25, -0.2) is 13.1 Å². The fourth-order valence-corrected chi connectivity index (χ4v) is 3.59. The molecule has 1 unspecified atom stereocenters. The Morgan fingerprint density at radius 2 is 2.32 bits per heavy atom. The second-order valence-electron chi connectivity index (χ2n) is 5.05. The Kier molecular flexibility index (Phi) is 4.90. The Bertz CT molecular complexity index is 510. The number of aryl methyl sites for hydroxylation is 1. The van der Waals surface area contributed by atoms with Crippen molar-refractivity contribution in [1.29, 1.82) is 0 Å². The van der Waals surface area contributed by atoms with E-state index < -0.39 is 10.0 Å². The smallest absolute Gasteiger partial charge is 0.213 e. The van der Waals surface area contributed by atoms with Crippen LogP contribution in [0.3, 0.4) is 0 Å². The van der Waals surface area contributed by atoms with Gasteiger partial charge in [-0.2, -0.15) is 0 Å². The first-order chi connectivity index (χ1) is 9.07. The molecule has 0 radical (unpaired) electrons. The summed E-state index contributed by atoms with van der Waals surface area (Å²) in [5.74, 6) is 0.164. The van der Waals surface area contributed by atoms with E-state index in [2.05, 4.69) is 15.0 Å². The van der Waals surface area contributed by atoms with E-state index >= 15 is 0 Å². The lowest BCUT2D eigenvalue weighted by molar-refractivity contribution is 0.422. The van der Waals surface area contributed by atoms with Crippen molar-refractivity contribution in [3.05, 3.63) is 29.6 Å². The number of piperidine rings is 1. The summed E-state index contributed by atoms with van der Waals surface area (Å²) < 4.78 is 26.7. The zero-order valence-corrected chi connectivity index (χ0v) is 12.0. The van der Waals surface area contributed by atoms with Gasteiger partial charge >= 0.3 is 0 Å². The Balaban J connectivity index is 1.88. The van der Waals surface area contributed by atoms with E-state index in [1.165, 1.54) is 0 Å². The van der Waals surface area contributed by atoms with Crippen molar-refractivity contribution < 1.29 is 8.42 Å². The van der Waals surface area contributed by atoms with Crippen LogP contribution in [0.1, 0.15) is 30.4 Å². The average molecular weight is 283 g/mol. The number of sulfonamides is 1. The normalized spacial score (nSPS) is 20.4. The fourth-order valence-electron chi connectivity index (χ4n) is 2.28. The summed E-state index contributed by atoms with van der Waals surface area (Å²) in [7, 11) is -3.23. The van der Waals surface area contributed by atoms with Crippen LogP contribution in [0.25, 0.3) is 0 Å². The number of hydrogen-bond acceptors (Lipinski definition) is 4. The molecular weight excluding hydrogens is 262 g/mol. The van der Waals surface area contributed by atoms with Crippen molar-refractivity contribution in [2.24, 2.45) is 0 Å². The third-order valence-electron chi connectivity index (χ3n) is 3.45. The van der Waals surface area contributed by atoms with E-state index in [9.17, 15) is 8.42 Å². The van der Waals surface area contributed by atoms with E-state index in [-0.39, 0.29) is 11.8 Å². The van der Waals surface area contributed by atoms with Gasteiger partial charge in [0.1, 0.15) is 0 Å². The third-order valence-corrected chi connectivity index (χ3v) is 4.88. The van der Waals surface area contributed by atoms with Crippen LogP contribution in [0.2, 0.25) is 0 Å². The van der Waals surface area contributed by atoms with Crippen LogP contribution in [0, 0.1) is 6.92 Å². The topological polar surface area (TPSA) is 71.1 Å². The van der Waals surface area contributed by atoms with Crippen LogP contribution in [0.15, 0.2) is 18.5 Å². The van der Waals surface area contributed by atoms with Crippen molar-refractivity contribution in [2.75, 3.05) is 12.3 Å². The van der Waals surface area contributed by atoms with Crippen molar-refractivity contribution in [3.63, 3.8) is 0 Å². The Hall–Kier alpha value is -0.980. The van der Waals surface area contributed by atoms with Gasteiger partial charge in [-0.05, 0) is 43.5 Å². The molecule has 0 saturated carbocycles. The van der Waals surface area contributed by atoms with Crippen LogP contribution in [0.4, 0.5) is 0 Å². The maximum Gasteiger partial charge on any atom is 0.213 e. The SMILES string of the molecule is Cc1cnccc1CNS(=O)(=O)CC1CCCCN1. The molecule has 0 bridgehead atoms. The first kappa shape index (κ1) is 14.4. The van der Waals surface area contributed by atoms with Crippen molar-refractivity contribution in [1.82, 2.24) is 15.0 Å². The maximum absolute atomic E-state index is 12.0. The lowest BCUT2D eigenvalue weighted by Gasteiger charge is -2.23. The van der Waals surface area contributed by atoms with Gasteiger partial charge in [0, 0.05) is 25.0 Å². The van der Waals surface area contributed by atoms with Crippen molar-refractivity contribution in [3.8, 4) is 0 Å². The zero-order valence-electron chi connectivity index (χ0n) is 11.2. The van der Waals surface area contributed by atoms with Gasteiger partial charge in [0.2, 0.25) is 10.0 Å². The molecule has 1 aliphatic rings. The molecule has 1 saturated heterocycles. The van der Waals surface area contributed by atoms with Crippen LogP contribution < -0.4 is 10.0 Å². The predicted molar refractivity (Wildman–Crippen MR) is 75.2 cm³/mol. The molecule has 1 atom stereocenters. The van der Waals surface area contributed by atoms with Gasteiger partial charge in [-0.15, -0.1) is 0 Å². The first-order valence-electron chi connectivity index (χ1n) is 6.67. The minimum Gasteiger partial charge on any atom is -0.313 e. The molecule has 1 aromatic heterocycles. The third kappa shape index (κ3) is 4.56. The van der Waals surface area contributed by atoms with E-state index in [1.54, 1.807) is 12.4 Å². The van der Waals surface area contributed by atoms with Gasteiger partial charge in [-0.1, -0.05) is 6.42 Å². The standard InChI is InChI=1S/C13H21N3O2S/c1-11-8-14-7-5-12(11)9-16-19(17,18)10-13-4-2-3-6-15-13/h5,7-8,13,15-16H,2-4,6,9-10H2,1H3. The van der Waals surface area contributed by atoms with Crippen LogP contribution in [-0.4, -0.2) is 31.7 Å². The van der Waals surface area contributed by atoms with E-state index in [0.29, 0.717) is 6.54 Å². The molecule has 2 N–H and O–H groups in total. The maximum atomic E-state index is 12.0. The molecule has 106 valence electrons. The lowest BCUT2D eigenvalue weighted by atomic mass is 10.1. The van der Waals surface area contributed by atoms with E-state index in [4.69, 9.17) is 0 Å². The highest BCUT2D eigenvalue weighted by molar-refractivity contribution is 7.89. The second-order valence-corrected chi connectivity index (χ2v) is 6.90. The van der Waals surface area contributed by atoms with Gasteiger partial charge < -0.3 is 5.32 Å². The molecule has 5 nitrogen and oxygen atoms in total. The fraction of sp³-hybridized carbons (Fsp3) is 0.615. The number of aromatic nitrogens is 1. The lowest BCUT2D eigenvalue weighted by Crippen LogP contribution is -2.42. The highest BCUT2D eigenvalue weighted by atomic mass is 32.2. The van der Waals surface area contributed by atoms with E-state index in [0.717, 1.165) is 36.9 Å². The van der Waals surface area contributed by atoms with Gasteiger partial charge in [0.25, 0.3) is 0 Å². The molecule has 0 amide bonds. The quantitative estimate of drug-likeness (QED) is 0.844. The van der Waals surface area contributed by atoms with Crippen molar-refractivity contribution in [2.45, 2.75) is 38.8 Å². The highest BCUT2D eigenvalue weighted by Gasteiger charge is 2.20. The molecule has 0 aromatic carbocycles. The molecule has 2 heterocycles. The first-order valence-corrected chi connectivity index (χ1v) is 8.32. The second kappa shape index (κ2) is 6.45. The van der Waals surface area contributed by atoms with Gasteiger partial charge in [0.05, 0.1) is 5.75 Å². The van der Waals surface area contributed by atoms with Crippen molar-refractivity contribution >= 4 is 10.0 Å². The summed E-state index contributed by atoms with van der Waals surface area (Å²) >= 11 is 0. The average Bonchev–Trinajstić information content (AvgIpc) is 2.38. The van der Waals surface area contributed by atoms with Crippen LogP contribution in [0.5, 0.6) is 0 Å². The molecule has 0 spiro atoms.